The van der Waals surface area contributed by atoms with Gasteiger partial charge >= 0.3 is 39.3 Å². The zero-order valence-corrected chi connectivity index (χ0v) is 13.8. The predicted octanol–water partition coefficient (Wildman–Crippen LogP) is 0.000100. The van der Waals surface area contributed by atoms with Crippen LogP contribution in [0.25, 0.3) is 0 Å². The average molecular weight is 390 g/mol. The number of amides is 1. The van der Waals surface area contributed by atoms with Crippen LogP contribution in [0.3, 0.4) is 0 Å². The molecule has 3 N–H and O–H groups in total. The predicted molar refractivity (Wildman–Crippen MR) is 74.2 cm³/mol. The first kappa shape index (κ1) is 18.8. The lowest BCUT2D eigenvalue weighted by Gasteiger charge is -2.19. The molecule has 0 aliphatic rings. The topological polar surface area (TPSA) is 192 Å². The van der Waals surface area contributed by atoms with Crippen molar-refractivity contribution in [2.45, 2.75) is 0 Å². The summed E-state index contributed by atoms with van der Waals surface area (Å²) in [5.41, 5.74) is -3.02. The van der Waals surface area contributed by atoms with Crippen molar-refractivity contribution < 1.29 is 40.2 Å². The summed E-state index contributed by atoms with van der Waals surface area (Å²) in [6.07, 6.45) is 0. The Morgan fingerprint density at radius 2 is 1.68 bits per heavy atom. The van der Waals surface area contributed by atoms with Crippen LogP contribution in [0.5, 0.6) is 0 Å². The quantitative estimate of drug-likeness (QED) is 0.514. The standard InChI is InChI=1S/C7H8N2O9P2S2/c8-21(14,15)20(13,19(11)12)7(10)9(22(16,17)18)6-4-2-1-3-5-6/h1-5H,(H2,8,14,15)(H,16,17,18). The van der Waals surface area contributed by atoms with Crippen molar-refractivity contribution in [2.75, 3.05) is 4.31 Å². The van der Waals surface area contributed by atoms with E-state index in [-0.39, 0.29) is 0 Å². The second kappa shape index (κ2) is 6.13. The Bertz CT molecular complexity index is 864. The first-order valence-electron chi connectivity index (χ1n) is 4.98. The molecule has 1 aromatic carbocycles. The molecule has 0 aromatic heterocycles. The SMILES string of the molecule is NS(=O)(=O)P(=O)(C(=O)N(c1ccccc1)S(=O)(=O)O)[P+](=O)[O-]. The smallest absolute Gasteiger partial charge is 0.502 e. The van der Waals surface area contributed by atoms with E-state index < -0.39 is 49.3 Å². The molecule has 2 unspecified atom stereocenters. The Kier molecular flexibility index (Phi) is 5.25. The maximum Gasteiger partial charge on any atom is 0.502 e. The first-order valence-corrected chi connectivity index (χ1v) is 12.1. The Morgan fingerprint density at radius 3 is 2.00 bits per heavy atom. The summed E-state index contributed by atoms with van der Waals surface area (Å²) in [4.78, 5) is 22.9. The van der Waals surface area contributed by atoms with Gasteiger partial charge in [-0.3, -0.25) is 9.35 Å². The molecule has 0 saturated heterocycles. The van der Waals surface area contributed by atoms with Crippen LogP contribution in [-0.2, 0) is 29.1 Å². The number of carbonyl (C=O) groups is 1. The number of rotatable bonds is 5. The molecule has 0 aliphatic heterocycles. The van der Waals surface area contributed by atoms with Gasteiger partial charge in [-0.25, -0.2) is 18.1 Å². The fourth-order valence-corrected chi connectivity index (χ4v) is 7.57. The molecular formula is C7H8N2O9P2S2. The lowest BCUT2D eigenvalue weighted by Crippen LogP contribution is -2.37. The van der Waals surface area contributed by atoms with Crippen LogP contribution in [0.4, 0.5) is 10.5 Å². The molecule has 0 fully saturated rings. The zero-order chi connectivity index (χ0) is 17.3. The van der Waals surface area contributed by atoms with Crippen molar-refractivity contribution in [2.24, 2.45) is 5.14 Å². The van der Waals surface area contributed by atoms with Gasteiger partial charge in [-0.05, 0) is 12.1 Å². The Hall–Kier alpha value is -1.20. The fraction of sp³-hybridized carbons (Fsp3) is 0. The molecule has 0 heterocycles. The Morgan fingerprint density at radius 1 is 1.23 bits per heavy atom. The third kappa shape index (κ3) is 3.41. The monoisotopic (exact) mass is 390 g/mol. The van der Waals surface area contributed by atoms with Crippen molar-refractivity contribution in [3.8, 4) is 0 Å². The molecule has 1 aromatic rings. The molecule has 122 valence electrons. The summed E-state index contributed by atoms with van der Waals surface area (Å²) < 4.78 is 76.4. The van der Waals surface area contributed by atoms with Crippen LogP contribution >= 0.6 is 13.7 Å². The normalized spacial score (nSPS) is 15.7. The summed E-state index contributed by atoms with van der Waals surface area (Å²) in [7, 11) is -15.4. The van der Waals surface area contributed by atoms with Crippen LogP contribution in [0.15, 0.2) is 30.3 Å². The zero-order valence-electron chi connectivity index (χ0n) is 10.3. The molecule has 0 spiro atoms. The lowest BCUT2D eigenvalue weighted by atomic mass is 10.3. The minimum absolute atomic E-state index is 0.608. The van der Waals surface area contributed by atoms with Crippen LogP contribution < -0.4 is 14.3 Å². The highest BCUT2D eigenvalue weighted by Crippen LogP contribution is 2.69. The lowest BCUT2D eigenvalue weighted by molar-refractivity contribution is -0.158. The molecule has 0 saturated carbocycles. The van der Waals surface area contributed by atoms with E-state index >= 15 is 0 Å². The van der Waals surface area contributed by atoms with Crippen LogP contribution in [0.1, 0.15) is 0 Å². The van der Waals surface area contributed by atoms with Gasteiger partial charge in [0.25, 0.3) is 0 Å². The summed E-state index contributed by atoms with van der Waals surface area (Å²) in [6, 6.07) is -0.310. The van der Waals surface area contributed by atoms with E-state index in [0.29, 0.717) is 0 Å². The molecule has 1 rings (SSSR count). The van der Waals surface area contributed by atoms with Gasteiger partial charge < -0.3 is 4.89 Å². The van der Waals surface area contributed by atoms with Crippen molar-refractivity contribution in [3.05, 3.63) is 30.3 Å². The van der Waals surface area contributed by atoms with Crippen LogP contribution in [-0.4, -0.2) is 27.0 Å². The Balaban J connectivity index is 3.69. The average Bonchev–Trinajstić information content (AvgIpc) is 2.35. The molecular weight excluding hydrogens is 382 g/mol. The van der Waals surface area contributed by atoms with E-state index in [1.807, 2.05) is 0 Å². The fourth-order valence-electron chi connectivity index (χ4n) is 1.29. The summed E-state index contributed by atoms with van der Waals surface area (Å²) >= 11 is 0. The number of nitrogens with zero attached hydrogens (tertiary/aromatic N) is 1. The molecule has 0 radical (unpaired) electrons. The van der Waals surface area contributed by atoms with E-state index in [2.05, 4.69) is 5.14 Å². The first-order chi connectivity index (χ1) is 9.83. The second-order valence-electron chi connectivity index (χ2n) is 3.63. The van der Waals surface area contributed by atoms with Gasteiger partial charge in [0, 0.05) is 0 Å². The van der Waals surface area contributed by atoms with Gasteiger partial charge in [0.05, 0.1) is 5.69 Å². The van der Waals surface area contributed by atoms with Crippen molar-refractivity contribution >= 4 is 45.0 Å². The highest BCUT2D eigenvalue weighted by molar-refractivity contribution is 8.76. The molecule has 11 nitrogen and oxygen atoms in total. The van der Waals surface area contributed by atoms with Gasteiger partial charge in [0.2, 0.25) is 0 Å². The largest absolute Gasteiger partial charge is 0.590 e. The van der Waals surface area contributed by atoms with Crippen molar-refractivity contribution in [1.82, 2.24) is 0 Å². The third-order valence-electron chi connectivity index (χ3n) is 2.20. The van der Waals surface area contributed by atoms with E-state index in [0.717, 1.165) is 12.1 Å². The van der Waals surface area contributed by atoms with Crippen molar-refractivity contribution in [3.63, 3.8) is 0 Å². The number of hydrogen-bond donors (Lipinski definition) is 2. The van der Waals surface area contributed by atoms with Gasteiger partial charge in [0.1, 0.15) is 0 Å². The van der Waals surface area contributed by atoms with Crippen LogP contribution in [0.2, 0.25) is 0 Å². The van der Waals surface area contributed by atoms with Gasteiger partial charge in [-0.1, -0.05) is 22.8 Å². The number of benzene rings is 1. The number of para-hydroxylation sites is 1. The molecule has 0 aliphatic carbocycles. The van der Waals surface area contributed by atoms with E-state index in [4.69, 9.17) is 4.55 Å². The minimum atomic E-state index is -5.93. The summed E-state index contributed by atoms with van der Waals surface area (Å²) in [6.45, 7) is 0. The van der Waals surface area contributed by atoms with E-state index in [1.54, 1.807) is 0 Å². The van der Waals surface area contributed by atoms with Crippen LogP contribution in [0, 0.1) is 0 Å². The molecule has 1 amide bonds. The summed E-state index contributed by atoms with van der Waals surface area (Å²) in [5.74, 6) is 0. The van der Waals surface area contributed by atoms with Gasteiger partial charge in [-0.15, -0.1) is 0 Å². The highest BCUT2D eigenvalue weighted by atomic mass is 32.9. The molecule has 2 atom stereocenters. The summed E-state index contributed by atoms with van der Waals surface area (Å²) in [5, 5.41) is 4.48. The molecule has 15 heteroatoms. The number of anilines is 1. The number of carbonyl (C=O) groups excluding carboxylic acids is 1. The van der Waals surface area contributed by atoms with E-state index in [1.165, 1.54) is 18.2 Å². The second-order valence-corrected chi connectivity index (χ2v) is 14.4. The Labute approximate surface area is 125 Å². The number of hydrogen-bond acceptors (Lipinski definition) is 8. The molecule has 0 bridgehead atoms. The maximum absolute atomic E-state index is 12.0. The highest BCUT2D eigenvalue weighted by Gasteiger charge is 2.61. The van der Waals surface area contributed by atoms with Gasteiger partial charge in [0.15, 0.2) is 0 Å². The number of nitrogens with two attached hydrogens (primary N) is 1. The minimum Gasteiger partial charge on any atom is -0.590 e. The van der Waals surface area contributed by atoms with Crippen molar-refractivity contribution in [1.29, 1.82) is 0 Å². The molecule has 22 heavy (non-hydrogen) atoms. The maximum atomic E-state index is 12.0. The van der Waals surface area contributed by atoms with E-state index in [9.17, 15) is 35.7 Å². The third-order valence-corrected chi connectivity index (χ3v) is 12.6. The van der Waals surface area contributed by atoms with Gasteiger partial charge in [-0.2, -0.15) is 12.7 Å².